The van der Waals surface area contributed by atoms with Gasteiger partial charge in [-0.2, -0.15) is 0 Å². The van der Waals surface area contributed by atoms with Gasteiger partial charge in [0.25, 0.3) is 0 Å². The van der Waals surface area contributed by atoms with E-state index in [1.165, 1.54) is 46.4 Å². The summed E-state index contributed by atoms with van der Waals surface area (Å²) in [6, 6.07) is 20.7. The highest BCUT2D eigenvalue weighted by molar-refractivity contribution is 5.86. The van der Waals surface area contributed by atoms with E-state index in [2.05, 4.69) is 41.1 Å². The van der Waals surface area contributed by atoms with Crippen molar-refractivity contribution in [3.8, 4) is 5.75 Å². The summed E-state index contributed by atoms with van der Waals surface area (Å²) in [7, 11) is 1.74. The van der Waals surface area contributed by atoms with Crippen molar-refractivity contribution in [1.82, 2.24) is 9.47 Å². The van der Waals surface area contributed by atoms with Crippen LogP contribution in [0.1, 0.15) is 48.4 Å². The highest BCUT2D eigenvalue weighted by Gasteiger charge is 2.29. The van der Waals surface area contributed by atoms with E-state index in [0.29, 0.717) is 25.3 Å². The van der Waals surface area contributed by atoms with Crippen LogP contribution in [0.4, 0.5) is 14.9 Å². The van der Waals surface area contributed by atoms with Crippen LogP contribution in [0.15, 0.2) is 72.8 Å². The molecular weight excluding hydrogens is 559 g/mol. The number of hydrogen-bond acceptors (Lipinski definition) is 5. The highest BCUT2D eigenvalue weighted by atomic mass is 19.1. The third-order valence-corrected chi connectivity index (χ3v) is 8.32. The molecule has 1 aliphatic rings. The van der Waals surface area contributed by atoms with Crippen LogP contribution < -0.4 is 15.8 Å². The van der Waals surface area contributed by atoms with Gasteiger partial charge in [0.15, 0.2) is 0 Å². The number of anilines is 1. The summed E-state index contributed by atoms with van der Waals surface area (Å²) in [4.78, 5) is 27.6. The number of nitrogens with two attached hydrogens (primary N) is 1. The molecule has 2 unspecified atom stereocenters. The Labute approximate surface area is 257 Å². The van der Waals surface area contributed by atoms with Gasteiger partial charge in [0.2, 0.25) is 5.91 Å². The molecule has 1 aliphatic heterocycles. The summed E-state index contributed by atoms with van der Waals surface area (Å²) in [5, 5.41) is 3.93. The van der Waals surface area contributed by atoms with E-state index < -0.39 is 11.9 Å². The molecule has 4 aromatic rings. The number of piperidine rings is 1. The minimum Gasteiger partial charge on any atom is -0.410 e. The number of fused-ring (bicyclic) bond motifs is 1. The predicted octanol–water partition coefficient (Wildman–Crippen LogP) is 6.40. The molecule has 5 rings (SSSR count). The van der Waals surface area contributed by atoms with E-state index in [9.17, 15) is 14.0 Å². The smallest absolute Gasteiger partial charge is 0.410 e. The molecule has 0 aliphatic carbocycles. The lowest BCUT2D eigenvalue weighted by Gasteiger charge is -2.34. The topological polar surface area (TPSA) is 98.8 Å². The first-order chi connectivity index (χ1) is 21.3. The molecule has 2 heterocycles. The largest absolute Gasteiger partial charge is 0.417 e. The number of aromatic nitrogens is 1. The molecule has 9 heteroatoms. The van der Waals surface area contributed by atoms with Gasteiger partial charge < -0.3 is 24.7 Å². The Hall–Kier alpha value is -4.21. The van der Waals surface area contributed by atoms with Crippen molar-refractivity contribution in [3.63, 3.8) is 0 Å². The molecule has 0 radical (unpaired) electrons. The van der Waals surface area contributed by atoms with Crippen LogP contribution in [0.3, 0.4) is 0 Å². The first-order valence-electron chi connectivity index (χ1n) is 15.3. The van der Waals surface area contributed by atoms with E-state index in [-0.39, 0.29) is 30.0 Å². The minimum absolute atomic E-state index is 0.0868. The van der Waals surface area contributed by atoms with Crippen LogP contribution in [0, 0.1) is 12.7 Å². The van der Waals surface area contributed by atoms with Gasteiger partial charge in [-0.05, 0) is 86.2 Å². The number of para-hydroxylation sites is 1. The van der Waals surface area contributed by atoms with Crippen molar-refractivity contribution in [2.24, 2.45) is 5.73 Å². The van der Waals surface area contributed by atoms with Crippen LogP contribution >= 0.6 is 0 Å². The maximum absolute atomic E-state index is 13.4. The third kappa shape index (κ3) is 7.65. The molecule has 0 spiro atoms. The molecule has 1 saturated heterocycles. The Balaban J connectivity index is 1.16. The number of aryl methyl sites for hydroxylation is 2. The first kappa shape index (κ1) is 31.2. The maximum atomic E-state index is 13.4. The molecule has 2 amide bonds. The summed E-state index contributed by atoms with van der Waals surface area (Å²) in [6.45, 7) is 5.25. The lowest BCUT2D eigenvalue weighted by atomic mass is 9.91. The molecule has 1 aromatic heterocycles. The van der Waals surface area contributed by atoms with Gasteiger partial charge in [-0.25, -0.2) is 9.18 Å². The number of nitrogens with zero attached hydrogens (tertiary/aromatic N) is 2. The molecular formula is C35H41FN4O4. The van der Waals surface area contributed by atoms with Gasteiger partial charge >= 0.3 is 6.09 Å². The zero-order valence-corrected chi connectivity index (χ0v) is 25.4. The van der Waals surface area contributed by atoms with Gasteiger partial charge in [-0.1, -0.05) is 30.3 Å². The average molecular weight is 601 g/mol. The number of amides is 2. The molecule has 0 bridgehead atoms. The van der Waals surface area contributed by atoms with Crippen molar-refractivity contribution in [2.75, 3.05) is 32.1 Å². The number of nitrogens with one attached hydrogen (secondary N) is 1. The van der Waals surface area contributed by atoms with Crippen LogP contribution in [0.5, 0.6) is 5.75 Å². The fourth-order valence-electron chi connectivity index (χ4n) is 6.26. The maximum Gasteiger partial charge on any atom is 0.417 e. The second-order valence-electron chi connectivity index (χ2n) is 11.5. The van der Waals surface area contributed by atoms with Crippen molar-refractivity contribution in [1.29, 1.82) is 0 Å². The molecule has 3 aromatic carbocycles. The van der Waals surface area contributed by atoms with Crippen molar-refractivity contribution in [2.45, 2.75) is 57.5 Å². The third-order valence-electron chi connectivity index (χ3n) is 8.32. The van der Waals surface area contributed by atoms with Gasteiger partial charge in [-0.15, -0.1) is 0 Å². The predicted molar refractivity (Wildman–Crippen MR) is 171 cm³/mol. The van der Waals surface area contributed by atoms with Crippen LogP contribution in [-0.2, 0) is 22.5 Å². The first-order valence-corrected chi connectivity index (χ1v) is 15.3. The lowest BCUT2D eigenvalue weighted by Crippen LogP contribution is -2.42. The molecule has 232 valence electrons. The minimum atomic E-state index is -0.669. The molecule has 44 heavy (non-hydrogen) atoms. The number of benzene rings is 3. The summed E-state index contributed by atoms with van der Waals surface area (Å²) < 4.78 is 26.0. The second-order valence-corrected chi connectivity index (χ2v) is 11.5. The summed E-state index contributed by atoms with van der Waals surface area (Å²) in [5.74, 6) is 0.199. The Kier molecular flexibility index (Phi) is 10.3. The number of hydrogen-bond donors (Lipinski definition) is 2. The monoisotopic (exact) mass is 600 g/mol. The molecule has 8 nitrogen and oxygen atoms in total. The van der Waals surface area contributed by atoms with Gasteiger partial charge in [0, 0.05) is 74.0 Å². The Bertz CT molecular complexity index is 1570. The Morgan fingerprint density at radius 3 is 2.57 bits per heavy atom. The summed E-state index contributed by atoms with van der Waals surface area (Å²) in [5.41, 5.74) is 11.9. The van der Waals surface area contributed by atoms with E-state index >= 15 is 0 Å². The van der Waals surface area contributed by atoms with E-state index in [4.69, 9.17) is 15.2 Å². The highest BCUT2D eigenvalue weighted by Crippen LogP contribution is 2.36. The summed E-state index contributed by atoms with van der Waals surface area (Å²) >= 11 is 0. The van der Waals surface area contributed by atoms with Crippen LogP contribution in [0.25, 0.3) is 10.9 Å². The zero-order valence-electron chi connectivity index (χ0n) is 25.4. The van der Waals surface area contributed by atoms with Gasteiger partial charge in [-0.3, -0.25) is 10.1 Å². The molecule has 1 fully saturated rings. The Morgan fingerprint density at radius 1 is 1.07 bits per heavy atom. The second kappa shape index (κ2) is 14.5. The SMILES string of the molecule is COCCCn1c(C2CCCN(C(=O)CC(N)Cc3ccc(NC(=O)Oc4ccc(F)cc4)cc3)C2)c(C)c2ccccc21. The molecule has 2 atom stereocenters. The number of carbonyl (C=O) groups is 2. The number of carbonyl (C=O) groups excluding carboxylic acids is 2. The van der Waals surface area contributed by atoms with Gasteiger partial charge in [0.05, 0.1) is 0 Å². The standard InChI is InChI=1S/C35H41FN4O4/c1-24-31-8-3-4-9-32(31)40(19-6-20-43-2)34(24)26-7-5-18-39(23-26)33(41)22-28(37)21-25-10-14-29(15-11-25)38-35(42)44-30-16-12-27(36)13-17-30/h3-4,8-17,26,28H,5-7,18-23,37H2,1-2H3,(H,38,42). The van der Waals surface area contributed by atoms with Gasteiger partial charge in [0.1, 0.15) is 11.6 Å². The number of likely N-dealkylation sites (tertiary alicyclic amines) is 1. The normalized spacial score (nSPS) is 15.7. The van der Waals surface area contributed by atoms with Crippen molar-refractivity contribution >= 4 is 28.6 Å². The number of halogens is 1. The van der Waals surface area contributed by atoms with Crippen LogP contribution in [0.2, 0.25) is 0 Å². The van der Waals surface area contributed by atoms with E-state index in [0.717, 1.165) is 37.9 Å². The molecule has 0 saturated carbocycles. The summed E-state index contributed by atoms with van der Waals surface area (Å²) in [6.07, 6.45) is 3.08. The fourth-order valence-corrected chi connectivity index (χ4v) is 6.26. The van der Waals surface area contributed by atoms with Crippen molar-refractivity contribution < 1.29 is 23.5 Å². The molecule has 3 N–H and O–H groups in total. The number of methoxy groups -OCH3 is 1. The van der Waals surface area contributed by atoms with Crippen LogP contribution in [-0.4, -0.2) is 54.3 Å². The van der Waals surface area contributed by atoms with E-state index in [1.54, 1.807) is 19.2 Å². The lowest BCUT2D eigenvalue weighted by molar-refractivity contribution is -0.132. The van der Waals surface area contributed by atoms with Crippen molar-refractivity contribution in [3.05, 3.63) is 95.4 Å². The number of ether oxygens (including phenoxy) is 2. The Morgan fingerprint density at radius 2 is 1.82 bits per heavy atom. The zero-order chi connectivity index (χ0) is 31.1. The number of rotatable bonds is 11. The fraction of sp³-hybridized carbons (Fsp3) is 0.371. The quantitative estimate of drug-likeness (QED) is 0.194. The average Bonchev–Trinajstić information content (AvgIpc) is 3.30. The van der Waals surface area contributed by atoms with E-state index in [1.807, 2.05) is 17.0 Å².